The summed E-state index contributed by atoms with van der Waals surface area (Å²) in [5.74, 6) is 0.727. The summed E-state index contributed by atoms with van der Waals surface area (Å²) in [5.41, 5.74) is 8.22. The summed E-state index contributed by atoms with van der Waals surface area (Å²) in [7, 11) is 0. The molecule has 0 amide bonds. The van der Waals surface area contributed by atoms with E-state index in [1.165, 1.54) is 38.4 Å². The maximum Gasteiger partial charge on any atom is 0.137 e. The fourth-order valence-electron chi connectivity index (χ4n) is 6.42. The summed E-state index contributed by atoms with van der Waals surface area (Å²) >= 11 is 0. The Morgan fingerprint density at radius 2 is 1.67 bits per heavy atom. The molecule has 0 aliphatic carbocycles. The molecule has 0 aliphatic heterocycles. The van der Waals surface area contributed by atoms with Gasteiger partial charge in [0.15, 0.2) is 0 Å². The third-order valence-electron chi connectivity index (χ3n) is 8.68. The van der Waals surface area contributed by atoms with Crippen LogP contribution < -0.4 is 0 Å². The zero-order chi connectivity index (χ0) is 31.7. The fourth-order valence-corrected chi connectivity index (χ4v) is 6.42. The van der Waals surface area contributed by atoms with Crippen LogP contribution in [0.2, 0.25) is 0 Å². The number of rotatable bonds is 13. The van der Waals surface area contributed by atoms with Gasteiger partial charge in [-0.2, -0.15) is 5.10 Å². The highest BCUT2D eigenvalue weighted by Crippen LogP contribution is 2.30. The molecule has 0 aliphatic rings. The van der Waals surface area contributed by atoms with Gasteiger partial charge in [0.25, 0.3) is 0 Å². The van der Waals surface area contributed by atoms with Crippen molar-refractivity contribution >= 4 is 40.3 Å². The Hall–Kier alpha value is -5.49. The number of fused-ring (bicyclic) bond motifs is 2. The minimum absolute atomic E-state index is 0.138. The van der Waals surface area contributed by atoms with Crippen molar-refractivity contribution in [1.82, 2.24) is 19.9 Å². The van der Waals surface area contributed by atoms with Gasteiger partial charge in [-0.3, -0.25) is 4.98 Å². The molecule has 0 saturated carbocycles. The van der Waals surface area contributed by atoms with E-state index in [2.05, 4.69) is 131 Å². The number of hydrogen-bond donors (Lipinski definition) is 2. The molecule has 0 bridgehead atoms. The number of nitrogens with one attached hydrogen (secondary N) is 2. The van der Waals surface area contributed by atoms with E-state index in [1.54, 1.807) is 0 Å². The van der Waals surface area contributed by atoms with E-state index in [0.717, 1.165) is 48.5 Å². The Bertz CT molecular complexity index is 1990. The summed E-state index contributed by atoms with van der Waals surface area (Å²) in [6, 6.07) is 29.6. The largest absolute Gasteiger partial charge is 0.364 e. The predicted octanol–water partition coefficient (Wildman–Crippen LogP) is 9.03. The van der Waals surface area contributed by atoms with Gasteiger partial charge in [0.1, 0.15) is 5.84 Å². The molecule has 46 heavy (non-hydrogen) atoms. The van der Waals surface area contributed by atoms with Crippen molar-refractivity contribution in [2.45, 2.75) is 38.6 Å². The number of benzene rings is 3. The van der Waals surface area contributed by atoms with Crippen LogP contribution in [0.3, 0.4) is 0 Å². The van der Waals surface area contributed by atoms with E-state index in [1.807, 2.05) is 30.5 Å². The molecule has 0 unspecified atom stereocenters. The molecule has 0 fully saturated rings. The number of pyridine rings is 1. The highest BCUT2D eigenvalue weighted by atomic mass is 15.3. The SMILES string of the molecule is C=C/C=C\c1c(CCCN(Cc2cccc3ccccc23)/C(=N\N=C)[C@@H](Cc2c[nH]c3ccccc23)c2ccccn2)c[nH]c1C. The Morgan fingerprint density at radius 1 is 0.891 bits per heavy atom. The second kappa shape index (κ2) is 14.5. The van der Waals surface area contributed by atoms with E-state index >= 15 is 0 Å². The van der Waals surface area contributed by atoms with Crippen LogP contribution in [-0.2, 0) is 19.4 Å². The average Bonchev–Trinajstić information content (AvgIpc) is 3.67. The third-order valence-corrected chi connectivity index (χ3v) is 8.68. The first kappa shape index (κ1) is 30.5. The van der Waals surface area contributed by atoms with Crippen LogP contribution in [0.5, 0.6) is 0 Å². The summed E-state index contributed by atoms with van der Waals surface area (Å²) in [4.78, 5) is 14.1. The predicted molar refractivity (Wildman–Crippen MR) is 193 cm³/mol. The Labute approximate surface area is 270 Å². The van der Waals surface area contributed by atoms with Crippen molar-refractivity contribution in [3.05, 3.63) is 156 Å². The second-order valence-corrected chi connectivity index (χ2v) is 11.6. The van der Waals surface area contributed by atoms with Crippen molar-refractivity contribution in [3.8, 4) is 0 Å². The van der Waals surface area contributed by atoms with E-state index in [4.69, 9.17) is 10.1 Å². The van der Waals surface area contributed by atoms with Gasteiger partial charge in [-0.1, -0.05) is 91.5 Å². The summed E-state index contributed by atoms with van der Waals surface area (Å²) in [6.45, 7) is 11.3. The number of H-pyrrole nitrogens is 2. The molecule has 2 N–H and O–H groups in total. The molecule has 1 atom stereocenters. The quantitative estimate of drug-likeness (QED) is 0.0598. The Balaban J connectivity index is 1.39. The molecule has 6 heteroatoms. The lowest BCUT2D eigenvalue weighted by atomic mass is 9.92. The van der Waals surface area contributed by atoms with Gasteiger partial charge in [0.05, 0.1) is 11.6 Å². The zero-order valence-electron chi connectivity index (χ0n) is 26.4. The Kier molecular flexibility index (Phi) is 9.64. The number of amidine groups is 1. The topological polar surface area (TPSA) is 72.4 Å². The van der Waals surface area contributed by atoms with Gasteiger partial charge < -0.3 is 14.9 Å². The average molecular weight is 605 g/mol. The van der Waals surface area contributed by atoms with Crippen molar-refractivity contribution < 1.29 is 0 Å². The lowest BCUT2D eigenvalue weighted by Gasteiger charge is -2.31. The molecule has 230 valence electrons. The highest BCUT2D eigenvalue weighted by molar-refractivity contribution is 5.91. The van der Waals surface area contributed by atoms with Crippen molar-refractivity contribution in [2.24, 2.45) is 10.2 Å². The lowest BCUT2D eigenvalue weighted by Crippen LogP contribution is -2.37. The van der Waals surface area contributed by atoms with Gasteiger partial charge in [-0.05, 0) is 77.4 Å². The smallest absolute Gasteiger partial charge is 0.137 e. The van der Waals surface area contributed by atoms with E-state index < -0.39 is 0 Å². The maximum absolute atomic E-state index is 4.85. The lowest BCUT2D eigenvalue weighted by molar-refractivity contribution is 0.389. The summed E-state index contributed by atoms with van der Waals surface area (Å²) in [5, 5.41) is 12.6. The number of para-hydroxylation sites is 1. The fraction of sp³-hybridized carbons (Fsp3) is 0.175. The van der Waals surface area contributed by atoms with Crippen LogP contribution >= 0.6 is 0 Å². The van der Waals surface area contributed by atoms with Crippen LogP contribution in [0, 0.1) is 6.92 Å². The van der Waals surface area contributed by atoms with Crippen LogP contribution in [0.15, 0.2) is 132 Å². The van der Waals surface area contributed by atoms with E-state index in [-0.39, 0.29) is 5.92 Å². The van der Waals surface area contributed by atoms with E-state index in [9.17, 15) is 0 Å². The number of aromatic nitrogens is 3. The van der Waals surface area contributed by atoms with Crippen LogP contribution in [0.1, 0.15) is 46.0 Å². The number of aryl methyl sites for hydroxylation is 2. The van der Waals surface area contributed by atoms with Gasteiger partial charge in [-0.15, -0.1) is 5.10 Å². The molecule has 3 heterocycles. The maximum atomic E-state index is 4.85. The molecule has 0 spiro atoms. The minimum atomic E-state index is -0.138. The summed E-state index contributed by atoms with van der Waals surface area (Å²) in [6.07, 6.45) is 14.6. The standard InChI is InChI=1S/C40H40N6/c1-4-5-18-34-29(2)43-26-31(34)17-13-24-46(28-32-16-12-15-30-14-6-7-19-35(30)32)40(45-41-3)37(39-22-10-11-23-42-39)25-33-27-44-38-21-9-8-20-36(33)38/h4-12,14-16,18-23,26-27,37,43-44H,1,3,13,17,24-25,28H2,2H3/b18-5-,45-40-/t37-/m0/s1. The molecule has 3 aromatic carbocycles. The molecule has 6 nitrogen and oxygen atoms in total. The van der Waals surface area contributed by atoms with Crippen molar-refractivity contribution in [3.63, 3.8) is 0 Å². The highest BCUT2D eigenvalue weighted by Gasteiger charge is 2.27. The number of aromatic amines is 2. The first-order valence-corrected chi connectivity index (χ1v) is 15.8. The molecule has 6 aromatic rings. The zero-order valence-corrected chi connectivity index (χ0v) is 26.4. The first-order chi connectivity index (χ1) is 22.7. The molecule has 0 radical (unpaired) electrons. The second-order valence-electron chi connectivity index (χ2n) is 11.6. The van der Waals surface area contributed by atoms with Crippen LogP contribution in [-0.4, -0.2) is 38.9 Å². The van der Waals surface area contributed by atoms with Crippen molar-refractivity contribution in [1.29, 1.82) is 0 Å². The first-order valence-electron chi connectivity index (χ1n) is 15.8. The van der Waals surface area contributed by atoms with Crippen molar-refractivity contribution in [2.75, 3.05) is 6.54 Å². The molecule has 6 rings (SSSR count). The van der Waals surface area contributed by atoms with Crippen LogP contribution in [0.4, 0.5) is 0 Å². The minimum Gasteiger partial charge on any atom is -0.364 e. The van der Waals surface area contributed by atoms with Gasteiger partial charge in [0, 0.05) is 55.0 Å². The molecule has 0 saturated heterocycles. The summed E-state index contributed by atoms with van der Waals surface area (Å²) < 4.78 is 0. The monoisotopic (exact) mass is 604 g/mol. The van der Waals surface area contributed by atoms with Gasteiger partial charge in [0.2, 0.25) is 0 Å². The third kappa shape index (κ3) is 6.76. The van der Waals surface area contributed by atoms with Gasteiger partial charge >= 0.3 is 0 Å². The molecular formula is C40H40N6. The van der Waals surface area contributed by atoms with E-state index in [0.29, 0.717) is 6.54 Å². The molecule has 3 aromatic heterocycles. The molecular weight excluding hydrogens is 564 g/mol. The van der Waals surface area contributed by atoms with Crippen LogP contribution in [0.25, 0.3) is 27.8 Å². The number of allylic oxidation sites excluding steroid dienone is 2. The number of nitrogens with zero attached hydrogens (tertiary/aromatic N) is 4. The van der Waals surface area contributed by atoms with Gasteiger partial charge in [-0.25, -0.2) is 0 Å². The Morgan fingerprint density at radius 3 is 2.50 bits per heavy atom. The number of hydrogen-bond acceptors (Lipinski definition) is 3. The normalized spacial score (nSPS) is 12.6.